The van der Waals surface area contributed by atoms with E-state index < -0.39 is 0 Å². The second-order valence-corrected chi connectivity index (χ2v) is 5.23. The third-order valence-electron chi connectivity index (χ3n) is 1.90. The molecule has 0 N–H and O–H groups in total. The molecule has 1 aromatic carbocycles. The number of hydrogen-bond donors (Lipinski definition) is 0. The number of ether oxygens (including phenoxy) is 1. The molecule has 0 amide bonds. The van der Waals surface area contributed by atoms with Crippen molar-refractivity contribution in [3.63, 3.8) is 0 Å². The monoisotopic (exact) mass is 295 g/mol. The molecule has 2 aromatic rings. The molecular formula is C10H6BrN3OS. The van der Waals surface area contributed by atoms with Crippen molar-refractivity contribution in [3.8, 4) is 17.0 Å². The SMILES string of the molecule is Cc1ccc(C#N)cc1Oc1nnc(Br)s1. The van der Waals surface area contributed by atoms with Crippen LogP contribution in [0.4, 0.5) is 0 Å². The maximum atomic E-state index is 8.78. The molecule has 0 unspecified atom stereocenters. The van der Waals surface area contributed by atoms with Crippen molar-refractivity contribution in [2.24, 2.45) is 0 Å². The molecule has 2 rings (SSSR count). The third kappa shape index (κ3) is 2.38. The predicted octanol–water partition coefficient (Wildman–Crippen LogP) is 3.27. The van der Waals surface area contributed by atoms with E-state index in [9.17, 15) is 0 Å². The van der Waals surface area contributed by atoms with E-state index in [0.29, 0.717) is 20.4 Å². The predicted molar refractivity (Wildman–Crippen MR) is 63.6 cm³/mol. The topological polar surface area (TPSA) is 58.8 Å². The molecule has 0 bridgehead atoms. The highest BCUT2D eigenvalue weighted by Crippen LogP contribution is 2.29. The molecule has 0 aliphatic heterocycles. The van der Waals surface area contributed by atoms with Crippen LogP contribution in [0, 0.1) is 18.3 Å². The van der Waals surface area contributed by atoms with Crippen LogP contribution in [0.15, 0.2) is 22.1 Å². The zero-order chi connectivity index (χ0) is 11.5. The Morgan fingerprint density at radius 1 is 1.44 bits per heavy atom. The largest absolute Gasteiger partial charge is 0.429 e. The summed E-state index contributed by atoms with van der Waals surface area (Å²) in [6.45, 7) is 1.91. The van der Waals surface area contributed by atoms with Gasteiger partial charge in [-0.3, -0.25) is 0 Å². The minimum absolute atomic E-state index is 0.449. The molecule has 0 radical (unpaired) electrons. The van der Waals surface area contributed by atoms with Crippen LogP contribution < -0.4 is 4.74 Å². The van der Waals surface area contributed by atoms with Gasteiger partial charge in [0.15, 0.2) is 3.92 Å². The molecule has 1 aromatic heterocycles. The summed E-state index contributed by atoms with van der Waals surface area (Å²) in [7, 11) is 0. The van der Waals surface area contributed by atoms with E-state index in [1.165, 1.54) is 11.3 Å². The zero-order valence-corrected chi connectivity index (χ0v) is 10.7. The molecule has 0 aliphatic carbocycles. The lowest BCUT2D eigenvalue weighted by molar-refractivity contribution is 0.469. The molecule has 0 atom stereocenters. The number of nitriles is 1. The van der Waals surface area contributed by atoms with E-state index in [1.807, 2.05) is 13.0 Å². The molecule has 80 valence electrons. The maximum absolute atomic E-state index is 8.78. The summed E-state index contributed by atoms with van der Waals surface area (Å²) in [5.41, 5.74) is 1.51. The Morgan fingerprint density at radius 2 is 2.25 bits per heavy atom. The van der Waals surface area contributed by atoms with Gasteiger partial charge < -0.3 is 4.74 Å². The number of nitrogens with zero attached hydrogens (tertiary/aromatic N) is 3. The van der Waals surface area contributed by atoms with Crippen molar-refractivity contribution in [2.75, 3.05) is 0 Å². The highest BCUT2D eigenvalue weighted by Gasteiger charge is 2.07. The smallest absolute Gasteiger partial charge is 0.300 e. The Hall–Kier alpha value is -1.45. The van der Waals surface area contributed by atoms with Crippen molar-refractivity contribution >= 4 is 27.3 Å². The van der Waals surface area contributed by atoms with E-state index in [4.69, 9.17) is 10.00 Å². The highest BCUT2D eigenvalue weighted by molar-refractivity contribution is 9.11. The molecule has 0 fully saturated rings. The lowest BCUT2D eigenvalue weighted by Crippen LogP contribution is -1.88. The number of aryl methyl sites for hydroxylation is 1. The summed E-state index contributed by atoms with van der Waals surface area (Å²) in [5.74, 6) is 0.628. The van der Waals surface area contributed by atoms with Crippen LogP contribution in [0.2, 0.25) is 0 Å². The molecular weight excluding hydrogens is 290 g/mol. The Balaban J connectivity index is 2.30. The van der Waals surface area contributed by atoms with E-state index in [0.717, 1.165) is 5.56 Å². The maximum Gasteiger partial charge on any atom is 0.300 e. The van der Waals surface area contributed by atoms with Crippen molar-refractivity contribution in [3.05, 3.63) is 33.2 Å². The first-order chi connectivity index (χ1) is 7.69. The van der Waals surface area contributed by atoms with Gasteiger partial charge in [-0.1, -0.05) is 11.2 Å². The van der Waals surface area contributed by atoms with Crippen molar-refractivity contribution in [2.45, 2.75) is 6.92 Å². The van der Waals surface area contributed by atoms with Crippen molar-refractivity contribution < 1.29 is 4.74 Å². The fourth-order valence-electron chi connectivity index (χ4n) is 1.11. The number of hydrogen-bond acceptors (Lipinski definition) is 5. The molecule has 16 heavy (non-hydrogen) atoms. The molecule has 0 saturated carbocycles. The molecule has 6 heteroatoms. The minimum atomic E-state index is 0.449. The quantitative estimate of drug-likeness (QED) is 0.853. The van der Waals surface area contributed by atoms with Gasteiger partial charge in [-0.2, -0.15) is 5.26 Å². The molecule has 1 heterocycles. The molecule has 0 saturated heterocycles. The second-order valence-electron chi connectivity index (χ2n) is 3.02. The van der Waals surface area contributed by atoms with Gasteiger partial charge in [0.25, 0.3) is 5.19 Å². The van der Waals surface area contributed by atoms with E-state index in [-0.39, 0.29) is 0 Å². The summed E-state index contributed by atoms with van der Waals surface area (Å²) in [5, 5.41) is 16.8. The van der Waals surface area contributed by atoms with E-state index >= 15 is 0 Å². The average Bonchev–Trinajstić information content (AvgIpc) is 2.67. The van der Waals surface area contributed by atoms with Gasteiger partial charge in [0.1, 0.15) is 5.75 Å². The summed E-state index contributed by atoms with van der Waals surface area (Å²) in [4.78, 5) is 0. The van der Waals surface area contributed by atoms with Gasteiger partial charge in [-0.25, -0.2) is 0 Å². The molecule has 0 spiro atoms. The first-order valence-corrected chi connectivity index (χ1v) is 5.97. The number of aromatic nitrogens is 2. The van der Waals surface area contributed by atoms with E-state index in [1.54, 1.807) is 12.1 Å². The fraction of sp³-hybridized carbons (Fsp3) is 0.100. The molecule has 4 nitrogen and oxygen atoms in total. The normalized spacial score (nSPS) is 9.81. The third-order valence-corrected chi connectivity index (χ3v) is 3.13. The Kier molecular flexibility index (Phi) is 3.17. The average molecular weight is 296 g/mol. The van der Waals surface area contributed by atoms with Crippen molar-refractivity contribution in [1.82, 2.24) is 10.2 Å². The van der Waals surface area contributed by atoms with Gasteiger partial charge in [-0.05, 0) is 51.9 Å². The Morgan fingerprint density at radius 3 is 2.88 bits per heavy atom. The standard InChI is InChI=1S/C10H6BrN3OS/c1-6-2-3-7(5-12)4-8(6)15-10-14-13-9(11)16-10/h2-4H,1H3. The van der Waals surface area contributed by atoms with Crippen LogP contribution in [-0.4, -0.2) is 10.2 Å². The number of halogens is 1. The number of benzene rings is 1. The summed E-state index contributed by atoms with van der Waals surface area (Å²) in [6.07, 6.45) is 0. The summed E-state index contributed by atoms with van der Waals surface area (Å²) in [6, 6.07) is 7.33. The van der Waals surface area contributed by atoms with Crippen LogP contribution in [0.5, 0.6) is 10.9 Å². The zero-order valence-electron chi connectivity index (χ0n) is 8.27. The Bertz CT molecular complexity index is 561. The van der Waals surface area contributed by atoms with E-state index in [2.05, 4.69) is 32.2 Å². The molecule has 0 aliphatic rings. The van der Waals surface area contributed by atoms with Gasteiger partial charge >= 0.3 is 0 Å². The van der Waals surface area contributed by atoms with Crippen LogP contribution >= 0.6 is 27.3 Å². The lowest BCUT2D eigenvalue weighted by Gasteiger charge is -2.04. The lowest BCUT2D eigenvalue weighted by atomic mass is 10.1. The second kappa shape index (κ2) is 4.60. The first-order valence-electron chi connectivity index (χ1n) is 4.36. The van der Waals surface area contributed by atoms with Gasteiger partial charge in [0, 0.05) is 0 Å². The Labute approximate surface area is 105 Å². The van der Waals surface area contributed by atoms with Gasteiger partial charge in [0.2, 0.25) is 0 Å². The van der Waals surface area contributed by atoms with Gasteiger partial charge in [-0.15, -0.1) is 5.10 Å². The minimum Gasteiger partial charge on any atom is -0.429 e. The highest BCUT2D eigenvalue weighted by atomic mass is 79.9. The van der Waals surface area contributed by atoms with Crippen molar-refractivity contribution in [1.29, 1.82) is 5.26 Å². The van der Waals surface area contributed by atoms with Crippen LogP contribution in [0.25, 0.3) is 0 Å². The van der Waals surface area contributed by atoms with Crippen LogP contribution in [-0.2, 0) is 0 Å². The van der Waals surface area contributed by atoms with Gasteiger partial charge in [0.05, 0.1) is 11.6 Å². The summed E-state index contributed by atoms with van der Waals surface area (Å²) >= 11 is 4.50. The number of rotatable bonds is 2. The first kappa shape index (κ1) is 11.0. The summed E-state index contributed by atoms with van der Waals surface area (Å²) < 4.78 is 6.20. The van der Waals surface area contributed by atoms with Crippen LogP contribution in [0.3, 0.4) is 0 Å². The van der Waals surface area contributed by atoms with Crippen LogP contribution in [0.1, 0.15) is 11.1 Å². The fourth-order valence-corrected chi connectivity index (χ4v) is 2.04.